The average molecular weight is 526 g/mol. The predicted molar refractivity (Wildman–Crippen MR) is 139 cm³/mol. The van der Waals surface area contributed by atoms with Gasteiger partial charge in [0, 0.05) is 49.0 Å². The number of nitrogens with one attached hydrogen (secondary N) is 3. The molecule has 1 amide bonds. The molecule has 1 saturated heterocycles. The van der Waals surface area contributed by atoms with E-state index in [9.17, 15) is 18.0 Å². The minimum Gasteiger partial charge on any atom is -0.489 e. The highest BCUT2D eigenvalue weighted by Crippen LogP contribution is 2.39. The summed E-state index contributed by atoms with van der Waals surface area (Å²) in [4.78, 5) is 24.2. The van der Waals surface area contributed by atoms with Crippen LogP contribution in [0, 0.1) is 0 Å². The van der Waals surface area contributed by atoms with E-state index in [4.69, 9.17) is 4.74 Å². The van der Waals surface area contributed by atoms with Crippen LogP contribution in [-0.4, -0.2) is 60.1 Å². The number of hydrogen-bond acceptors (Lipinski definition) is 8. The Morgan fingerprint density at radius 3 is 2.71 bits per heavy atom. The van der Waals surface area contributed by atoms with E-state index in [1.54, 1.807) is 24.3 Å². The third-order valence-electron chi connectivity index (χ3n) is 6.31. The van der Waals surface area contributed by atoms with Gasteiger partial charge < -0.3 is 30.5 Å². The van der Waals surface area contributed by atoms with E-state index in [0.29, 0.717) is 29.4 Å². The van der Waals surface area contributed by atoms with Gasteiger partial charge in [0.1, 0.15) is 23.7 Å². The summed E-state index contributed by atoms with van der Waals surface area (Å²) in [6, 6.07) is 12.1. The topological polar surface area (TPSA) is 94.6 Å². The molecule has 2 aromatic carbocycles. The van der Waals surface area contributed by atoms with E-state index in [0.717, 1.165) is 37.6 Å². The normalized spacial score (nSPS) is 17.1. The minimum atomic E-state index is -4.69. The van der Waals surface area contributed by atoms with Crippen molar-refractivity contribution in [2.75, 3.05) is 54.1 Å². The fraction of sp³-hybridized carbons (Fsp3) is 0.269. The molecular formula is C26H26F3N7O2. The SMILES string of the molecule is C=CC(=O)Nc1cccc(Nc2nc(Nc3ccc4c(c3)OCC3CN(C)CCN43)ncc2C(F)(F)F)c1. The highest BCUT2D eigenvalue weighted by molar-refractivity contribution is 5.99. The summed E-state index contributed by atoms with van der Waals surface area (Å²) in [6.07, 6.45) is -2.86. The van der Waals surface area contributed by atoms with Crippen LogP contribution in [0.2, 0.25) is 0 Å². The Morgan fingerprint density at radius 2 is 1.92 bits per heavy atom. The van der Waals surface area contributed by atoms with E-state index < -0.39 is 23.5 Å². The number of amides is 1. The quantitative estimate of drug-likeness (QED) is 0.402. The summed E-state index contributed by atoms with van der Waals surface area (Å²) < 4.78 is 47.2. The number of benzene rings is 2. The first-order chi connectivity index (χ1) is 18.2. The zero-order valence-electron chi connectivity index (χ0n) is 20.5. The molecule has 12 heteroatoms. The lowest BCUT2D eigenvalue weighted by Crippen LogP contribution is -2.56. The molecule has 2 aliphatic rings. The Hall–Kier alpha value is -4.32. The van der Waals surface area contributed by atoms with Gasteiger partial charge in [0.25, 0.3) is 0 Å². The van der Waals surface area contributed by atoms with Crippen LogP contribution in [0.4, 0.5) is 47.7 Å². The second-order valence-corrected chi connectivity index (χ2v) is 9.08. The van der Waals surface area contributed by atoms with Gasteiger partial charge in [0.05, 0.1) is 11.7 Å². The zero-order valence-corrected chi connectivity index (χ0v) is 20.5. The number of carbonyl (C=O) groups excluding carboxylic acids is 1. The summed E-state index contributed by atoms with van der Waals surface area (Å²) in [7, 11) is 2.09. The molecule has 3 N–H and O–H groups in total. The fourth-order valence-electron chi connectivity index (χ4n) is 4.48. The van der Waals surface area contributed by atoms with Crippen molar-refractivity contribution in [2.45, 2.75) is 12.2 Å². The van der Waals surface area contributed by atoms with Crippen LogP contribution in [0.3, 0.4) is 0 Å². The molecule has 3 aromatic rings. The van der Waals surface area contributed by atoms with Gasteiger partial charge in [-0.1, -0.05) is 12.6 Å². The highest BCUT2D eigenvalue weighted by atomic mass is 19.4. The second-order valence-electron chi connectivity index (χ2n) is 9.08. The molecule has 5 rings (SSSR count). The second kappa shape index (κ2) is 10.2. The first-order valence-corrected chi connectivity index (χ1v) is 11.9. The first kappa shape index (κ1) is 25.3. The Morgan fingerprint density at radius 1 is 1.13 bits per heavy atom. The third-order valence-corrected chi connectivity index (χ3v) is 6.31. The van der Waals surface area contributed by atoms with Crippen molar-refractivity contribution in [3.05, 3.63) is 66.9 Å². The number of nitrogens with zero attached hydrogens (tertiary/aromatic N) is 4. The van der Waals surface area contributed by atoms with Crippen molar-refractivity contribution in [1.29, 1.82) is 0 Å². The molecule has 38 heavy (non-hydrogen) atoms. The van der Waals surface area contributed by atoms with Crippen molar-refractivity contribution in [2.24, 2.45) is 0 Å². The van der Waals surface area contributed by atoms with Gasteiger partial charge >= 0.3 is 6.18 Å². The molecule has 0 saturated carbocycles. The summed E-state index contributed by atoms with van der Waals surface area (Å²) >= 11 is 0. The molecule has 3 heterocycles. The van der Waals surface area contributed by atoms with Gasteiger partial charge in [-0.25, -0.2) is 4.98 Å². The van der Waals surface area contributed by atoms with E-state index in [1.165, 1.54) is 6.07 Å². The van der Waals surface area contributed by atoms with Crippen LogP contribution >= 0.6 is 0 Å². The molecule has 1 aromatic heterocycles. The molecule has 0 spiro atoms. The molecule has 0 radical (unpaired) electrons. The number of carbonyl (C=O) groups is 1. The summed E-state index contributed by atoms with van der Waals surface area (Å²) in [5.41, 5.74) is 1.22. The largest absolute Gasteiger partial charge is 0.489 e. The van der Waals surface area contributed by atoms with E-state index in [1.807, 2.05) is 12.1 Å². The number of hydrogen-bond donors (Lipinski definition) is 3. The molecule has 1 fully saturated rings. The van der Waals surface area contributed by atoms with Gasteiger partial charge in [-0.05, 0) is 43.5 Å². The number of piperazine rings is 1. The van der Waals surface area contributed by atoms with Crippen LogP contribution in [0.25, 0.3) is 0 Å². The van der Waals surface area contributed by atoms with Crippen LogP contribution in [0.5, 0.6) is 5.75 Å². The monoisotopic (exact) mass is 525 g/mol. The lowest BCUT2D eigenvalue weighted by Gasteiger charge is -2.44. The lowest BCUT2D eigenvalue weighted by atomic mass is 10.1. The van der Waals surface area contributed by atoms with Crippen molar-refractivity contribution in [1.82, 2.24) is 14.9 Å². The lowest BCUT2D eigenvalue weighted by molar-refractivity contribution is -0.137. The number of rotatable bonds is 6. The van der Waals surface area contributed by atoms with Crippen LogP contribution in [-0.2, 0) is 11.0 Å². The Balaban J connectivity index is 1.39. The molecule has 9 nitrogen and oxygen atoms in total. The van der Waals surface area contributed by atoms with Crippen LogP contribution in [0.1, 0.15) is 5.56 Å². The summed E-state index contributed by atoms with van der Waals surface area (Å²) in [6.45, 7) is 6.70. The maximum Gasteiger partial charge on any atom is 0.421 e. The van der Waals surface area contributed by atoms with Crippen LogP contribution in [0.15, 0.2) is 61.3 Å². The number of aromatic nitrogens is 2. The average Bonchev–Trinajstić information content (AvgIpc) is 2.88. The maximum absolute atomic E-state index is 13.7. The maximum atomic E-state index is 13.7. The van der Waals surface area contributed by atoms with Crippen molar-refractivity contribution < 1.29 is 22.7 Å². The van der Waals surface area contributed by atoms with E-state index in [2.05, 4.69) is 49.3 Å². The summed E-state index contributed by atoms with van der Waals surface area (Å²) in [5.74, 6) is -0.204. The van der Waals surface area contributed by atoms with Crippen molar-refractivity contribution >= 4 is 40.4 Å². The van der Waals surface area contributed by atoms with Crippen molar-refractivity contribution in [3.8, 4) is 5.75 Å². The molecule has 0 aliphatic carbocycles. The number of likely N-dealkylation sites (N-methyl/N-ethyl adjacent to an activating group) is 1. The molecular weight excluding hydrogens is 499 g/mol. The molecule has 2 aliphatic heterocycles. The molecule has 1 unspecified atom stereocenters. The molecule has 1 atom stereocenters. The smallest absolute Gasteiger partial charge is 0.421 e. The zero-order chi connectivity index (χ0) is 26.9. The predicted octanol–water partition coefficient (Wildman–Crippen LogP) is 4.62. The minimum absolute atomic E-state index is 0.0233. The number of ether oxygens (including phenoxy) is 1. The van der Waals surface area contributed by atoms with Gasteiger partial charge in [-0.3, -0.25) is 4.79 Å². The molecule has 198 valence electrons. The number of anilines is 6. The van der Waals surface area contributed by atoms with Gasteiger partial charge in [-0.15, -0.1) is 0 Å². The Labute approximate surface area is 217 Å². The fourth-order valence-corrected chi connectivity index (χ4v) is 4.48. The number of fused-ring (bicyclic) bond motifs is 3. The van der Waals surface area contributed by atoms with Crippen LogP contribution < -0.4 is 25.6 Å². The molecule has 0 bridgehead atoms. The van der Waals surface area contributed by atoms with E-state index >= 15 is 0 Å². The van der Waals surface area contributed by atoms with Gasteiger partial charge in [0.15, 0.2) is 0 Å². The van der Waals surface area contributed by atoms with Gasteiger partial charge in [0.2, 0.25) is 11.9 Å². The Bertz CT molecular complexity index is 1360. The standard InChI is InChI=1S/C26H26F3N7O2/c1-3-23(37)31-16-5-4-6-17(11-16)32-24-20(26(27,28)29)13-30-25(34-24)33-18-7-8-21-22(12-18)38-15-19-14-35(2)9-10-36(19)21/h3-8,11-13,19H,1,9-10,14-15H2,2H3,(H,31,37)(H2,30,32,33,34). The number of halogens is 3. The Kier molecular flexibility index (Phi) is 6.81. The van der Waals surface area contributed by atoms with Crippen molar-refractivity contribution in [3.63, 3.8) is 0 Å². The third kappa shape index (κ3) is 5.49. The van der Waals surface area contributed by atoms with Gasteiger partial charge in [-0.2, -0.15) is 18.2 Å². The summed E-state index contributed by atoms with van der Waals surface area (Å²) in [5, 5.41) is 8.25. The highest BCUT2D eigenvalue weighted by Gasteiger charge is 2.36. The van der Waals surface area contributed by atoms with E-state index in [-0.39, 0.29) is 12.0 Å². The first-order valence-electron chi connectivity index (χ1n) is 11.9. The number of alkyl halides is 3.